The van der Waals surface area contributed by atoms with Gasteiger partial charge in [0, 0.05) is 19.0 Å². The second kappa shape index (κ2) is 11.7. The zero-order valence-electron chi connectivity index (χ0n) is 16.0. The van der Waals surface area contributed by atoms with E-state index in [1.54, 1.807) is 23.1 Å². The first-order valence-corrected chi connectivity index (χ1v) is 10.8. The van der Waals surface area contributed by atoms with Gasteiger partial charge in [0.1, 0.15) is 4.32 Å². The molecule has 0 bridgehead atoms. The number of amides is 1. The molecule has 0 saturated carbocycles. The number of carboxylic acids is 1. The Bertz CT molecular complexity index is 810. The van der Waals surface area contributed by atoms with Crippen LogP contribution in [0.4, 0.5) is 5.69 Å². The Morgan fingerprint density at radius 2 is 1.76 bits per heavy atom. The van der Waals surface area contributed by atoms with E-state index in [-0.39, 0.29) is 18.0 Å². The first-order valence-electron chi connectivity index (χ1n) is 9.60. The van der Waals surface area contributed by atoms with Crippen LogP contribution in [0.15, 0.2) is 29.2 Å². The van der Waals surface area contributed by atoms with Gasteiger partial charge in [-0.05, 0) is 25.0 Å². The summed E-state index contributed by atoms with van der Waals surface area (Å²) in [6, 6.07) is 6.31. The number of nitrogens with zero attached hydrogens (tertiary/aromatic N) is 2. The van der Waals surface area contributed by atoms with Crippen LogP contribution >= 0.6 is 24.0 Å². The Morgan fingerprint density at radius 1 is 1.14 bits per heavy atom. The summed E-state index contributed by atoms with van der Waals surface area (Å²) >= 11 is 6.49. The van der Waals surface area contributed by atoms with Gasteiger partial charge in [0.25, 0.3) is 11.6 Å². The number of carbonyl (C=O) groups excluding carboxylic acids is 1. The number of nitro benzene ring substituents is 1. The predicted octanol–water partition coefficient (Wildman–Crippen LogP) is 5.00. The monoisotopic (exact) mass is 436 g/mol. The third-order valence-corrected chi connectivity index (χ3v) is 5.94. The van der Waals surface area contributed by atoms with Gasteiger partial charge in [0.15, 0.2) is 0 Å². The first-order chi connectivity index (χ1) is 13.9. The minimum Gasteiger partial charge on any atom is -0.481 e. The molecule has 1 fully saturated rings. The highest BCUT2D eigenvalue weighted by atomic mass is 32.2. The van der Waals surface area contributed by atoms with E-state index < -0.39 is 10.9 Å². The lowest BCUT2D eigenvalue weighted by Crippen LogP contribution is -2.29. The molecule has 1 heterocycles. The summed E-state index contributed by atoms with van der Waals surface area (Å²) in [4.78, 5) is 35.7. The quantitative estimate of drug-likeness (QED) is 0.162. The van der Waals surface area contributed by atoms with Crippen LogP contribution in [0.5, 0.6) is 0 Å². The largest absolute Gasteiger partial charge is 0.481 e. The van der Waals surface area contributed by atoms with Crippen molar-refractivity contribution in [3.63, 3.8) is 0 Å². The molecule has 1 aromatic rings. The maximum Gasteiger partial charge on any atom is 0.303 e. The van der Waals surface area contributed by atoms with E-state index in [4.69, 9.17) is 17.3 Å². The van der Waals surface area contributed by atoms with Gasteiger partial charge in [-0.3, -0.25) is 24.6 Å². The fourth-order valence-corrected chi connectivity index (χ4v) is 4.34. The number of carboxylic acid groups (broad SMARTS) is 1. The fraction of sp³-hybridized carbons (Fsp3) is 0.450. The molecule has 0 aliphatic carbocycles. The molecule has 1 aliphatic heterocycles. The lowest BCUT2D eigenvalue weighted by atomic mass is 10.1. The molecule has 0 unspecified atom stereocenters. The summed E-state index contributed by atoms with van der Waals surface area (Å²) in [5, 5.41) is 19.7. The van der Waals surface area contributed by atoms with Crippen LogP contribution in [-0.2, 0) is 9.59 Å². The van der Waals surface area contributed by atoms with Crippen LogP contribution in [0.25, 0.3) is 6.08 Å². The number of hydrogen-bond donors (Lipinski definition) is 1. The number of aliphatic carboxylic acids is 1. The first kappa shape index (κ1) is 23.0. The van der Waals surface area contributed by atoms with Gasteiger partial charge in [-0.2, -0.15) is 0 Å². The van der Waals surface area contributed by atoms with Crippen LogP contribution in [0.2, 0.25) is 0 Å². The molecule has 0 spiro atoms. The number of rotatable bonds is 12. The minimum atomic E-state index is -0.746. The molecular weight excluding hydrogens is 412 g/mol. The SMILES string of the molecule is O=C(O)CCCCCCCCCN1C(=O)/C(=C/c2ccccc2[N+](=O)[O-])SC1=S. The average molecular weight is 437 g/mol. The van der Waals surface area contributed by atoms with E-state index in [1.807, 2.05) is 0 Å². The maximum atomic E-state index is 12.6. The molecule has 1 N–H and O–H groups in total. The summed E-state index contributed by atoms with van der Waals surface area (Å²) in [5.74, 6) is -0.948. The topological polar surface area (TPSA) is 101 Å². The molecule has 1 amide bonds. The molecule has 1 aliphatic rings. The minimum absolute atomic E-state index is 0.0406. The number of benzene rings is 1. The fourth-order valence-electron chi connectivity index (χ4n) is 3.04. The van der Waals surface area contributed by atoms with Gasteiger partial charge in [0.05, 0.1) is 15.4 Å². The van der Waals surface area contributed by atoms with E-state index in [0.717, 1.165) is 44.9 Å². The van der Waals surface area contributed by atoms with Gasteiger partial charge in [-0.1, -0.05) is 68.2 Å². The molecule has 0 atom stereocenters. The summed E-state index contributed by atoms with van der Waals surface area (Å²) < 4.78 is 0.480. The molecule has 29 heavy (non-hydrogen) atoms. The molecule has 156 valence electrons. The zero-order valence-corrected chi connectivity index (χ0v) is 17.7. The van der Waals surface area contributed by atoms with E-state index in [1.165, 1.54) is 23.9 Å². The lowest BCUT2D eigenvalue weighted by Gasteiger charge is -2.14. The van der Waals surface area contributed by atoms with Crippen LogP contribution in [0.1, 0.15) is 56.9 Å². The summed E-state index contributed by atoms with van der Waals surface area (Å²) in [6.07, 6.45) is 8.33. The Labute approximate surface area is 179 Å². The van der Waals surface area contributed by atoms with E-state index in [0.29, 0.717) is 21.3 Å². The molecule has 1 saturated heterocycles. The number of thiocarbonyl (C=S) groups is 1. The number of carbonyl (C=O) groups is 2. The van der Waals surface area contributed by atoms with Gasteiger partial charge < -0.3 is 5.11 Å². The molecule has 0 aromatic heterocycles. The second-order valence-electron chi connectivity index (χ2n) is 6.77. The van der Waals surface area contributed by atoms with Gasteiger partial charge in [-0.15, -0.1) is 0 Å². The van der Waals surface area contributed by atoms with Crippen molar-refractivity contribution in [2.75, 3.05) is 6.54 Å². The predicted molar refractivity (Wildman–Crippen MR) is 118 cm³/mol. The number of unbranched alkanes of at least 4 members (excludes halogenated alkanes) is 6. The molecule has 9 heteroatoms. The summed E-state index contributed by atoms with van der Waals surface area (Å²) in [6.45, 7) is 0.540. The highest BCUT2D eigenvalue weighted by Gasteiger charge is 2.32. The number of hydrogen-bond acceptors (Lipinski definition) is 6. The third-order valence-electron chi connectivity index (χ3n) is 4.57. The van der Waals surface area contributed by atoms with Crippen molar-refractivity contribution in [3.05, 3.63) is 44.8 Å². The highest BCUT2D eigenvalue weighted by molar-refractivity contribution is 8.26. The third kappa shape index (κ3) is 7.25. The van der Waals surface area contributed by atoms with E-state index in [2.05, 4.69) is 0 Å². The van der Waals surface area contributed by atoms with Crippen molar-refractivity contribution in [2.24, 2.45) is 0 Å². The number of nitro groups is 1. The van der Waals surface area contributed by atoms with Gasteiger partial charge in [-0.25, -0.2) is 0 Å². The molecule has 1 aromatic carbocycles. The van der Waals surface area contributed by atoms with E-state index >= 15 is 0 Å². The highest BCUT2D eigenvalue weighted by Crippen LogP contribution is 2.34. The Kier molecular flexibility index (Phi) is 9.27. The van der Waals surface area contributed by atoms with Crippen LogP contribution in [-0.4, -0.2) is 37.7 Å². The normalized spacial score (nSPS) is 15.3. The summed E-state index contributed by atoms with van der Waals surface area (Å²) in [7, 11) is 0. The molecular formula is C20H24N2O5S2. The Hall–Kier alpha value is -2.26. The van der Waals surface area contributed by atoms with Crippen molar-refractivity contribution in [1.82, 2.24) is 4.90 Å². The van der Waals surface area contributed by atoms with Crippen molar-refractivity contribution in [3.8, 4) is 0 Å². The maximum absolute atomic E-state index is 12.6. The number of para-hydroxylation sites is 1. The van der Waals surface area contributed by atoms with Crippen molar-refractivity contribution >= 4 is 51.9 Å². The standard InChI is InChI=1S/C20H24N2O5S2/c23-18(24)12-6-4-2-1-3-5-9-13-21-19(25)17(29-20(21)28)14-15-10-7-8-11-16(15)22(26)27/h7-8,10-11,14H,1-6,9,12-13H2,(H,23,24)/b17-14-. The molecule has 2 rings (SSSR count). The van der Waals surface area contributed by atoms with Crippen molar-refractivity contribution in [2.45, 2.75) is 51.4 Å². The Balaban J connectivity index is 1.78. The lowest BCUT2D eigenvalue weighted by molar-refractivity contribution is -0.385. The molecule has 7 nitrogen and oxygen atoms in total. The number of thioether (sulfide) groups is 1. The zero-order chi connectivity index (χ0) is 21.2. The van der Waals surface area contributed by atoms with E-state index in [9.17, 15) is 19.7 Å². The van der Waals surface area contributed by atoms with Gasteiger partial charge >= 0.3 is 5.97 Å². The van der Waals surface area contributed by atoms with Gasteiger partial charge in [0.2, 0.25) is 0 Å². The average Bonchev–Trinajstić information content (AvgIpc) is 2.93. The van der Waals surface area contributed by atoms with Crippen molar-refractivity contribution < 1.29 is 19.6 Å². The Morgan fingerprint density at radius 3 is 2.41 bits per heavy atom. The second-order valence-corrected chi connectivity index (χ2v) is 8.44. The van der Waals surface area contributed by atoms with Crippen LogP contribution in [0, 0.1) is 10.1 Å². The molecule has 0 radical (unpaired) electrons. The van der Waals surface area contributed by atoms with Crippen molar-refractivity contribution in [1.29, 1.82) is 0 Å². The smallest absolute Gasteiger partial charge is 0.303 e. The summed E-state index contributed by atoms with van der Waals surface area (Å²) in [5.41, 5.74) is 0.349. The van der Waals surface area contributed by atoms with Crippen LogP contribution < -0.4 is 0 Å². The van der Waals surface area contributed by atoms with Crippen LogP contribution in [0.3, 0.4) is 0 Å².